The van der Waals surface area contributed by atoms with Gasteiger partial charge in [0.25, 0.3) is 5.92 Å². The van der Waals surface area contributed by atoms with E-state index in [1.54, 1.807) is 23.1 Å². The first kappa shape index (κ1) is 11.5. The maximum atomic E-state index is 13.8. The molecule has 0 unspecified atom stereocenters. The Kier molecular flexibility index (Phi) is 3.21. The Bertz CT molecular complexity index is 342. The lowest BCUT2D eigenvalue weighted by Crippen LogP contribution is -2.34. The summed E-state index contributed by atoms with van der Waals surface area (Å²) >= 11 is 0. The van der Waals surface area contributed by atoms with Gasteiger partial charge in [0, 0.05) is 18.7 Å². The lowest BCUT2D eigenvalue weighted by Gasteiger charge is -2.23. The van der Waals surface area contributed by atoms with Crippen LogP contribution in [0.25, 0.3) is 0 Å². The van der Waals surface area contributed by atoms with Crippen molar-refractivity contribution in [1.82, 2.24) is 4.90 Å². The lowest BCUT2D eigenvalue weighted by atomic mass is 10.1. The number of hydrogen-bond donors (Lipinski definition) is 1. The van der Waals surface area contributed by atoms with Crippen molar-refractivity contribution in [2.24, 2.45) is 0 Å². The smallest absolute Gasteiger partial charge is 0.285 e. The van der Waals surface area contributed by atoms with Crippen LogP contribution < -0.4 is 0 Å². The van der Waals surface area contributed by atoms with Crippen LogP contribution >= 0.6 is 0 Å². The van der Waals surface area contributed by atoms with Crippen molar-refractivity contribution in [3.8, 4) is 0 Å². The number of likely N-dealkylation sites (tertiary alicyclic amines) is 1. The molecule has 2 nitrogen and oxygen atoms in total. The molecule has 1 N–H and O–H groups in total. The molecule has 1 aromatic rings. The summed E-state index contributed by atoms with van der Waals surface area (Å²) in [5, 5.41) is 9.28. The molecule has 0 bridgehead atoms. The SMILES string of the molecule is O[C@@H]1CCN(CC(F)(F)c2ccccc2)C1. The van der Waals surface area contributed by atoms with Gasteiger partial charge >= 0.3 is 0 Å². The number of rotatable bonds is 3. The Balaban J connectivity index is 2.03. The van der Waals surface area contributed by atoms with Gasteiger partial charge in [0.1, 0.15) is 0 Å². The van der Waals surface area contributed by atoms with E-state index in [0.717, 1.165) is 0 Å². The fraction of sp³-hybridized carbons (Fsp3) is 0.500. The molecule has 0 spiro atoms. The van der Waals surface area contributed by atoms with E-state index in [4.69, 9.17) is 0 Å². The molecule has 2 rings (SSSR count). The van der Waals surface area contributed by atoms with E-state index in [0.29, 0.717) is 19.5 Å². The second kappa shape index (κ2) is 4.47. The molecule has 1 aromatic carbocycles. The molecule has 1 atom stereocenters. The first-order chi connectivity index (χ1) is 7.58. The maximum absolute atomic E-state index is 13.8. The van der Waals surface area contributed by atoms with Crippen molar-refractivity contribution in [1.29, 1.82) is 0 Å². The number of halogens is 2. The summed E-state index contributed by atoms with van der Waals surface area (Å²) in [5.74, 6) is -2.84. The van der Waals surface area contributed by atoms with Gasteiger partial charge in [-0.25, -0.2) is 0 Å². The molecular formula is C12H15F2NO. The van der Waals surface area contributed by atoms with E-state index >= 15 is 0 Å². The van der Waals surface area contributed by atoms with Gasteiger partial charge in [0.05, 0.1) is 12.6 Å². The molecule has 1 heterocycles. The minimum atomic E-state index is -2.84. The van der Waals surface area contributed by atoms with Gasteiger partial charge in [0.15, 0.2) is 0 Å². The number of β-amino-alcohol motifs (C(OH)–C–C–N with tert-alkyl or cyclic N) is 1. The van der Waals surface area contributed by atoms with Crippen molar-refractivity contribution < 1.29 is 13.9 Å². The minimum absolute atomic E-state index is 0.0383. The summed E-state index contributed by atoms with van der Waals surface area (Å²) in [6.07, 6.45) is 0.136. The fourth-order valence-electron chi connectivity index (χ4n) is 2.01. The highest BCUT2D eigenvalue weighted by Crippen LogP contribution is 2.29. The third-order valence-electron chi connectivity index (χ3n) is 2.87. The molecule has 1 aliphatic rings. The zero-order valence-electron chi connectivity index (χ0n) is 8.94. The number of nitrogens with zero attached hydrogens (tertiary/aromatic N) is 1. The monoisotopic (exact) mass is 227 g/mol. The van der Waals surface area contributed by atoms with Gasteiger partial charge in [-0.15, -0.1) is 0 Å². The number of aliphatic hydroxyl groups excluding tert-OH is 1. The van der Waals surface area contributed by atoms with Crippen LogP contribution in [0, 0.1) is 0 Å². The van der Waals surface area contributed by atoms with E-state index < -0.39 is 12.0 Å². The van der Waals surface area contributed by atoms with Gasteiger partial charge in [-0.1, -0.05) is 30.3 Å². The van der Waals surface area contributed by atoms with Gasteiger partial charge in [-0.3, -0.25) is 4.90 Å². The van der Waals surface area contributed by atoms with Gasteiger partial charge in [-0.2, -0.15) is 8.78 Å². The summed E-state index contributed by atoms with van der Waals surface area (Å²) in [5.41, 5.74) is 0.0383. The Morgan fingerprint density at radius 3 is 2.56 bits per heavy atom. The topological polar surface area (TPSA) is 23.5 Å². The van der Waals surface area contributed by atoms with Gasteiger partial charge < -0.3 is 5.11 Å². The Morgan fingerprint density at radius 2 is 2.00 bits per heavy atom. The summed E-state index contributed by atoms with van der Waals surface area (Å²) < 4.78 is 27.6. The summed E-state index contributed by atoms with van der Waals surface area (Å²) in [6.45, 7) is 0.583. The molecule has 0 aromatic heterocycles. The van der Waals surface area contributed by atoms with Crippen LogP contribution in [0.3, 0.4) is 0 Å². The third kappa shape index (κ3) is 2.57. The van der Waals surface area contributed by atoms with Gasteiger partial charge in [-0.05, 0) is 6.42 Å². The number of aliphatic hydroxyl groups is 1. The van der Waals surface area contributed by atoms with Crippen LogP contribution in [0.4, 0.5) is 8.78 Å². The molecule has 0 radical (unpaired) electrons. The molecule has 1 fully saturated rings. The average Bonchev–Trinajstić information content (AvgIpc) is 2.64. The highest BCUT2D eigenvalue weighted by atomic mass is 19.3. The van der Waals surface area contributed by atoms with E-state index in [9.17, 15) is 13.9 Å². The van der Waals surface area contributed by atoms with Crippen molar-refractivity contribution in [2.45, 2.75) is 18.4 Å². The lowest BCUT2D eigenvalue weighted by molar-refractivity contribution is -0.0347. The van der Waals surface area contributed by atoms with Crippen molar-refractivity contribution in [3.63, 3.8) is 0 Å². The largest absolute Gasteiger partial charge is 0.392 e. The molecule has 0 saturated carbocycles. The van der Waals surface area contributed by atoms with Crippen LogP contribution in [-0.2, 0) is 5.92 Å². The Labute approximate surface area is 93.5 Å². The van der Waals surface area contributed by atoms with Crippen LogP contribution in [0.5, 0.6) is 0 Å². The van der Waals surface area contributed by atoms with E-state index in [-0.39, 0.29) is 12.1 Å². The summed E-state index contributed by atoms with van der Waals surface area (Å²) in [4.78, 5) is 1.61. The number of hydrogen-bond acceptors (Lipinski definition) is 2. The van der Waals surface area contributed by atoms with Crippen molar-refractivity contribution in [3.05, 3.63) is 35.9 Å². The fourth-order valence-corrected chi connectivity index (χ4v) is 2.01. The van der Waals surface area contributed by atoms with Crippen molar-refractivity contribution >= 4 is 0 Å². The maximum Gasteiger partial charge on any atom is 0.285 e. The second-order valence-corrected chi connectivity index (χ2v) is 4.25. The highest BCUT2D eigenvalue weighted by Gasteiger charge is 2.35. The number of benzene rings is 1. The first-order valence-electron chi connectivity index (χ1n) is 5.42. The van der Waals surface area contributed by atoms with Crippen LogP contribution in [0.2, 0.25) is 0 Å². The molecule has 88 valence electrons. The van der Waals surface area contributed by atoms with E-state index in [2.05, 4.69) is 0 Å². The van der Waals surface area contributed by atoms with Crippen LogP contribution in [0.1, 0.15) is 12.0 Å². The van der Waals surface area contributed by atoms with Gasteiger partial charge in [0.2, 0.25) is 0 Å². The second-order valence-electron chi connectivity index (χ2n) is 4.25. The molecule has 0 aliphatic carbocycles. The first-order valence-corrected chi connectivity index (χ1v) is 5.42. The summed E-state index contributed by atoms with van der Waals surface area (Å²) in [6, 6.07) is 7.82. The predicted octanol–water partition coefficient (Wildman–Crippen LogP) is 1.85. The third-order valence-corrected chi connectivity index (χ3v) is 2.87. The normalized spacial score (nSPS) is 22.6. The standard InChI is InChI=1S/C12H15F2NO/c13-12(14,10-4-2-1-3-5-10)9-15-7-6-11(16)8-15/h1-5,11,16H,6-9H2/t11-/m1/s1. The summed E-state index contributed by atoms with van der Waals surface area (Å²) in [7, 11) is 0. The van der Waals surface area contributed by atoms with Crippen molar-refractivity contribution in [2.75, 3.05) is 19.6 Å². The highest BCUT2D eigenvalue weighted by molar-refractivity contribution is 5.20. The molecule has 0 amide bonds. The molecular weight excluding hydrogens is 212 g/mol. The predicted molar refractivity (Wildman–Crippen MR) is 57.4 cm³/mol. The Hall–Kier alpha value is -1.00. The number of alkyl halides is 2. The average molecular weight is 227 g/mol. The molecule has 1 aliphatic heterocycles. The minimum Gasteiger partial charge on any atom is -0.392 e. The van der Waals surface area contributed by atoms with Crippen LogP contribution in [0.15, 0.2) is 30.3 Å². The Morgan fingerprint density at radius 1 is 1.31 bits per heavy atom. The quantitative estimate of drug-likeness (QED) is 0.851. The molecule has 4 heteroatoms. The zero-order valence-corrected chi connectivity index (χ0v) is 8.94. The molecule has 1 saturated heterocycles. The molecule has 16 heavy (non-hydrogen) atoms. The zero-order chi connectivity index (χ0) is 11.6. The van der Waals surface area contributed by atoms with Crippen LogP contribution in [-0.4, -0.2) is 35.7 Å². The van der Waals surface area contributed by atoms with E-state index in [1.807, 2.05) is 0 Å². The van der Waals surface area contributed by atoms with E-state index in [1.165, 1.54) is 12.1 Å².